The van der Waals surface area contributed by atoms with Gasteiger partial charge in [0.1, 0.15) is 0 Å². The second-order valence-electron chi connectivity index (χ2n) is 6.83. The van der Waals surface area contributed by atoms with Gasteiger partial charge in [-0.05, 0) is 35.8 Å². The SMILES string of the molecule is Cc1ccc(/C=C/C(=O)NCc2ccc(C(=O)Cc3ccncc3N)cc2)cc1. The number of rotatable bonds is 7. The molecule has 1 heterocycles. The Hall–Kier alpha value is -3.73. The maximum atomic E-state index is 12.4. The van der Waals surface area contributed by atoms with E-state index in [4.69, 9.17) is 5.73 Å². The molecular formula is C24H23N3O2. The maximum absolute atomic E-state index is 12.4. The smallest absolute Gasteiger partial charge is 0.244 e. The number of anilines is 1. The van der Waals surface area contributed by atoms with Gasteiger partial charge in [0.05, 0.1) is 11.9 Å². The summed E-state index contributed by atoms with van der Waals surface area (Å²) in [6, 6.07) is 16.9. The molecule has 2 aromatic carbocycles. The fraction of sp³-hybridized carbons (Fsp3) is 0.125. The quantitative estimate of drug-likeness (QED) is 0.479. The molecule has 0 spiro atoms. The van der Waals surface area contributed by atoms with E-state index in [9.17, 15) is 9.59 Å². The Bertz CT molecular complexity index is 1020. The molecule has 3 rings (SSSR count). The zero-order chi connectivity index (χ0) is 20.6. The Labute approximate surface area is 170 Å². The summed E-state index contributed by atoms with van der Waals surface area (Å²) >= 11 is 0. The molecule has 0 bridgehead atoms. The lowest BCUT2D eigenvalue weighted by Crippen LogP contribution is -2.20. The predicted octanol–water partition coefficient (Wildman–Crippen LogP) is 3.73. The van der Waals surface area contributed by atoms with Crippen LogP contribution in [0.5, 0.6) is 0 Å². The van der Waals surface area contributed by atoms with E-state index in [1.54, 1.807) is 36.7 Å². The van der Waals surface area contributed by atoms with Crippen LogP contribution in [0, 0.1) is 6.92 Å². The Morgan fingerprint density at radius 3 is 2.45 bits per heavy atom. The molecule has 0 aliphatic rings. The molecule has 0 unspecified atom stereocenters. The summed E-state index contributed by atoms with van der Waals surface area (Å²) in [7, 11) is 0. The number of hydrogen-bond donors (Lipinski definition) is 2. The maximum Gasteiger partial charge on any atom is 0.244 e. The number of nitrogens with one attached hydrogen (secondary N) is 1. The van der Waals surface area contributed by atoms with Crippen molar-refractivity contribution >= 4 is 23.5 Å². The lowest BCUT2D eigenvalue weighted by molar-refractivity contribution is -0.116. The monoisotopic (exact) mass is 385 g/mol. The number of nitrogen functional groups attached to an aromatic ring is 1. The van der Waals surface area contributed by atoms with Crippen LogP contribution >= 0.6 is 0 Å². The van der Waals surface area contributed by atoms with E-state index < -0.39 is 0 Å². The minimum Gasteiger partial charge on any atom is -0.397 e. The number of benzene rings is 2. The number of ketones is 1. The Kier molecular flexibility index (Phi) is 6.53. The van der Waals surface area contributed by atoms with Gasteiger partial charge >= 0.3 is 0 Å². The van der Waals surface area contributed by atoms with Crippen molar-refractivity contribution in [1.29, 1.82) is 0 Å². The summed E-state index contributed by atoms with van der Waals surface area (Å²) in [5.74, 6) is -0.182. The first-order chi connectivity index (χ1) is 14.0. The van der Waals surface area contributed by atoms with Crippen molar-refractivity contribution in [2.24, 2.45) is 0 Å². The van der Waals surface area contributed by atoms with Crippen LogP contribution in [0.4, 0.5) is 5.69 Å². The number of nitrogens with zero attached hydrogens (tertiary/aromatic N) is 1. The number of aromatic nitrogens is 1. The third-order valence-corrected chi connectivity index (χ3v) is 4.54. The number of aryl methyl sites for hydroxylation is 1. The van der Waals surface area contributed by atoms with Crippen molar-refractivity contribution in [1.82, 2.24) is 10.3 Å². The lowest BCUT2D eigenvalue weighted by Gasteiger charge is -2.06. The molecule has 29 heavy (non-hydrogen) atoms. The Balaban J connectivity index is 1.52. The van der Waals surface area contributed by atoms with Gasteiger partial charge in [0, 0.05) is 30.8 Å². The highest BCUT2D eigenvalue weighted by atomic mass is 16.1. The summed E-state index contributed by atoms with van der Waals surface area (Å²) in [5, 5.41) is 2.84. The van der Waals surface area contributed by atoms with Crippen LogP contribution in [0.1, 0.15) is 32.6 Å². The van der Waals surface area contributed by atoms with E-state index in [0.29, 0.717) is 17.8 Å². The van der Waals surface area contributed by atoms with Crippen LogP contribution in [0.3, 0.4) is 0 Å². The summed E-state index contributed by atoms with van der Waals surface area (Å²) < 4.78 is 0. The fourth-order valence-corrected chi connectivity index (χ4v) is 2.78. The Morgan fingerprint density at radius 1 is 1.03 bits per heavy atom. The van der Waals surface area contributed by atoms with Crippen molar-refractivity contribution in [3.63, 3.8) is 0 Å². The molecule has 0 saturated heterocycles. The first-order valence-corrected chi connectivity index (χ1v) is 9.34. The number of hydrogen-bond acceptors (Lipinski definition) is 4. The van der Waals surface area contributed by atoms with Gasteiger partial charge in [-0.1, -0.05) is 54.1 Å². The molecule has 146 valence electrons. The molecule has 0 aliphatic heterocycles. The normalized spacial score (nSPS) is 10.8. The van der Waals surface area contributed by atoms with Crippen LogP contribution in [-0.2, 0) is 17.8 Å². The average Bonchev–Trinajstić information content (AvgIpc) is 2.74. The largest absolute Gasteiger partial charge is 0.397 e. The summed E-state index contributed by atoms with van der Waals surface area (Å²) in [5.41, 5.74) is 10.8. The molecule has 5 nitrogen and oxygen atoms in total. The van der Waals surface area contributed by atoms with Gasteiger partial charge in [0.15, 0.2) is 5.78 Å². The molecule has 0 atom stereocenters. The lowest BCUT2D eigenvalue weighted by atomic mass is 10.0. The van der Waals surface area contributed by atoms with Crippen LogP contribution < -0.4 is 11.1 Å². The summed E-state index contributed by atoms with van der Waals surface area (Å²) in [4.78, 5) is 28.4. The minimum atomic E-state index is -0.168. The predicted molar refractivity (Wildman–Crippen MR) is 115 cm³/mol. The summed E-state index contributed by atoms with van der Waals surface area (Å²) in [6.45, 7) is 2.41. The summed E-state index contributed by atoms with van der Waals surface area (Å²) in [6.07, 6.45) is 6.69. The zero-order valence-corrected chi connectivity index (χ0v) is 16.3. The van der Waals surface area contributed by atoms with Crippen LogP contribution in [0.25, 0.3) is 6.08 Å². The number of nitrogens with two attached hydrogens (primary N) is 1. The Morgan fingerprint density at radius 2 is 1.76 bits per heavy atom. The number of amides is 1. The van der Waals surface area contributed by atoms with E-state index in [1.165, 1.54) is 11.6 Å². The van der Waals surface area contributed by atoms with Crippen LogP contribution in [0.15, 0.2) is 73.1 Å². The average molecular weight is 385 g/mol. The van der Waals surface area contributed by atoms with Gasteiger partial charge in [-0.25, -0.2) is 0 Å². The van der Waals surface area contributed by atoms with Gasteiger partial charge < -0.3 is 11.1 Å². The highest BCUT2D eigenvalue weighted by molar-refractivity contribution is 5.98. The molecule has 3 N–H and O–H groups in total. The number of pyridine rings is 1. The molecule has 0 fully saturated rings. The second-order valence-corrected chi connectivity index (χ2v) is 6.83. The van der Waals surface area contributed by atoms with Crippen LogP contribution in [-0.4, -0.2) is 16.7 Å². The molecule has 3 aromatic rings. The van der Waals surface area contributed by atoms with Gasteiger partial charge in [-0.3, -0.25) is 14.6 Å². The van der Waals surface area contributed by atoms with Crippen molar-refractivity contribution in [2.75, 3.05) is 5.73 Å². The van der Waals surface area contributed by atoms with Gasteiger partial charge in [-0.2, -0.15) is 0 Å². The van der Waals surface area contributed by atoms with Crippen molar-refractivity contribution < 1.29 is 9.59 Å². The van der Waals surface area contributed by atoms with E-state index in [-0.39, 0.29) is 18.1 Å². The van der Waals surface area contributed by atoms with Gasteiger partial charge in [-0.15, -0.1) is 0 Å². The highest BCUT2D eigenvalue weighted by Crippen LogP contribution is 2.14. The molecule has 1 aromatic heterocycles. The van der Waals surface area contributed by atoms with Crippen molar-refractivity contribution in [3.8, 4) is 0 Å². The number of carbonyl (C=O) groups is 2. The van der Waals surface area contributed by atoms with Gasteiger partial charge in [0.2, 0.25) is 5.91 Å². The fourth-order valence-electron chi connectivity index (χ4n) is 2.78. The number of carbonyl (C=O) groups excluding carboxylic acids is 2. The molecule has 5 heteroatoms. The number of Topliss-reactive ketones (excluding diaryl/α,β-unsaturated/α-hetero) is 1. The highest BCUT2D eigenvalue weighted by Gasteiger charge is 2.09. The molecule has 0 saturated carbocycles. The van der Waals surface area contributed by atoms with Crippen molar-refractivity contribution in [3.05, 3.63) is 101 Å². The topological polar surface area (TPSA) is 85.1 Å². The molecular weight excluding hydrogens is 362 g/mol. The standard InChI is InChI=1S/C24H23N3O2/c1-17-2-4-18(5-3-17)8-11-24(29)27-15-19-6-9-20(10-7-19)23(28)14-21-12-13-26-16-22(21)25/h2-13,16H,14-15,25H2,1H3,(H,27,29)/b11-8+. The molecule has 0 radical (unpaired) electrons. The van der Waals surface area contributed by atoms with E-state index in [1.807, 2.05) is 43.3 Å². The third kappa shape index (κ3) is 5.87. The first kappa shape index (κ1) is 20.0. The minimum absolute atomic E-state index is 0.0143. The van der Waals surface area contributed by atoms with E-state index >= 15 is 0 Å². The van der Waals surface area contributed by atoms with Crippen LogP contribution in [0.2, 0.25) is 0 Å². The third-order valence-electron chi connectivity index (χ3n) is 4.54. The second kappa shape index (κ2) is 9.46. The van der Waals surface area contributed by atoms with Crippen molar-refractivity contribution in [2.45, 2.75) is 19.9 Å². The first-order valence-electron chi connectivity index (χ1n) is 9.34. The van der Waals surface area contributed by atoms with Gasteiger partial charge in [0.25, 0.3) is 0 Å². The van der Waals surface area contributed by atoms with E-state index in [0.717, 1.165) is 16.7 Å². The van der Waals surface area contributed by atoms with E-state index in [2.05, 4.69) is 10.3 Å². The molecule has 1 amide bonds. The zero-order valence-electron chi connectivity index (χ0n) is 16.3. The molecule has 0 aliphatic carbocycles.